The number of hydrogen-bond donors (Lipinski definition) is 1. The minimum atomic E-state index is -0.870. The van der Waals surface area contributed by atoms with Crippen molar-refractivity contribution in [3.8, 4) is 0 Å². The Morgan fingerprint density at radius 3 is 2.50 bits per heavy atom. The molecule has 0 amide bonds. The van der Waals surface area contributed by atoms with Crippen molar-refractivity contribution in [3.63, 3.8) is 0 Å². The van der Waals surface area contributed by atoms with Crippen molar-refractivity contribution < 1.29 is 19.7 Å². The predicted octanol–water partition coefficient (Wildman–Crippen LogP) is 1.44. The van der Waals surface area contributed by atoms with E-state index in [0.717, 1.165) is 0 Å². The van der Waals surface area contributed by atoms with E-state index in [9.17, 15) is 9.59 Å². The van der Waals surface area contributed by atoms with E-state index in [4.69, 9.17) is 5.26 Å². The molecular formula is C10H16O4. The number of rotatable bonds is 4. The van der Waals surface area contributed by atoms with Gasteiger partial charge in [0, 0.05) is 17.8 Å². The van der Waals surface area contributed by atoms with E-state index in [1.54, 1.807) is 0 Å². The van der Waals surface area contributed by atoms with Gasteiger partial charge < -0.3 is 4.79 Å². The summed E-state index contributed by atoms with van der Waals surface area (Å²) < 4.78 is 0. The lowest BCUT2D eigenvalue weighted by atomic mass is 9.49. The summed E-state index contributed by atoms with van der Waals surface area (Å²) in [7, 11) is 0. The van der Waals surface area contributed by atoms with Crippen LogP contribution in [0.15, 0.2) is 0 Å². The summed E-state index contributed by atoms with van der Waals surface area (Å²) in [5.41, 5.74) is -1.35. The van der Waals surface area contributed by atoms with Crippen LogP contribution in [-0.2, 0) is 14.5 Å². The SMILES string of the molecule is CC(=O)C1CC(CC=O)(OO)C1(C)C. The molecule has 1 rings (SSSR count). The maximum absolute atomic E-state index is 11.2. The number of carbonyl (C=O) groups excluding carboxylic acids is 2. The minimum Gasteiger partial charge on any atom is -0.303 e. The van der Waals surface area contributed by atoms with Crippen LogP contribution in [0.3, 0.4) is 0 Å². The molecule has 4 heteroatoms. The van der Waals surface area contributed by atoms with Gasteiger partial charge >= 0.3 is 0 Å². The molecule has 0 saturated heterocycles. The van der Waals surface area contributed by atoms with Gasteiger partial charge in [-0.1, -0.05) is 13.8 Å². The van der Waals surface area contributed by atoms with Crippen molar-refractivity contribution in [1.82, 2.24) is 0 Å². The van der Waals surface area contributed by atoms with Crippen molar-refractivity contribution in [2.24, 2.45) is 11.3 Å². The highest BCUT2D eigenvalue weighted by Gasteiger charge is 2.63. The Kier molecular flexibility index (Phi) is 2.78. The molecule has 0 heterocycles. The van der Waals surface area contributed by atoms with Crippen LogP contribution in [0.5, 0.6) is 0 Å². The van der Waals surface area contributed by atoms with E-state index in [1.807, 2.05) is 13.8 Å². The fourth-order valence-electron chi connectivity index (χ4n) is 2.36. The summed E-state index contributed by atoms with van der Waals surface area (Å²) in [6, 6.07) is 0. The molecule has 1 fully saturated rings. The first kappa shape index (κ1) is 11.3. The molecule has 1 N–H and O–H groups in total. The molecule has 1 aliphatic rings. The molecule has 1 aliphatic carbocycles. The van der Waals surface area contributed by atoms with Gasteiger partial charge in [0.1, 0.15) is 17.7 Å². The summed E-state index contributed by atoms with van der Waals surface area (Å²) in [5, 5.41) is 8.83. The van der Waals surface area contributed by atoms with Crippen molar-refractivity contribution in [2.45, 2.75) is 39.2 Å². The van der Waals surface area contributed by atoms with E-state index in [2.05, 4.69) is 4.89 Å². The summed E-state index contributed by atoms with van der Waals surface area (Å²) in [6.07, 6.45) is 1.26. The second-order valence-corrected chi connectivity index (χ2v) is 4.55. The summed E-state index contributed by atoms with van der Waals surface area (Å²) >= 11 is 0. The van der Waals surface area contributed by atoms with Gasteiger partial charge in [0.2, 0.25) is 0 Å². The molecule has 4 nitrogen and oxygen atoms in total. The fourth-order valence-corrected chi connectivity index (χ4v) is 2.36. The molecule has 0 spiro atoms. The molecule has 14 heavy (non-hydrogen) atoms. The van der Waals surface area contributed by atoms with Crippen LogP contribution >= 0.6 is 0 Å². The number of aldehydes is 1. The summed E-state index contributed by atoms with van der Waals surface area (Å²) in [4.78, 5) is 26.1. The first-order chi connectivity index (χ1) is 6.41. The van der Waals surface area contributed by atoms with Crippen LogP contribution in [0.25, 0.3) is 0 Å². The second-order valence-electron chi connectivity index (χ2n) is 4.55. The average molecular weight is 200 g/mol. The lowest BCUT2D eigenvalue weighted by molar-refractivity contribution is -0.387. The Morgan fingerprint density at radius 2 is 2.21 bits per heavy atom. The Hall–Kier alpha value is -0.740. The van der Waals surface area contributed by atoms with Gasteiger partial charge in [-0.25, -0.2) is 4.89 Å². The van der Waals surface area contributed by atoms with E-state index in [-0.39, 0.29) is 18.1 Å². The van der Waals surface area contributed by atoms with Crippen LogP contribution in [0, 0.1) is 11.3 Å². The topological polar surface area (TPSA) is 63.6 Å². The van der Waals surface area contributed by atoms with Crippen LogP contribution in [0.4, 0.5) is 0 Å². The van der Waals surface area contributed by atoms with Crippen LogP contribution in [0.1, 0.15) is 33.6 Å². The minimum absolute atomic E-state index is 0.0774. The number of Topliss-reactive ketones (excluding diaryl/α,β-unsaturated/α-hetero) is 1. The predicted molar refractivity (Wildman–Crippen MR) is 49.7 cm³/mol. The number of ketones is 1. The summed E-state index contributed by atoms with van der Waals surface area (Å²) in [6.45, 7) is 5.19. The van der Waals surface area contributed by atoms with E-state index < -0.39 is 11.0 Å². The molecule has 0 radical (unpaired) electrons. The highest BCUT2D eigenvalue weighted by molar-refractivity contribution is 5.81. The molecule has 0 aromatic rings. The Morgan fingerprint density at radius 1 is 1.64 bits per heavy atom. The lowest BCUT2D eigenvalue weighted by Gasteiger charge is -2.57. The highest BCUT2D eigenvalue weighted by atomic mass is 17.1. The fraction of sp³-hybridized carbons (Fsp3) is 0.800. The van der Waals surface area contributed by atoms with Crippen molar-refractivity contribution in [1.29, 1.82) is 0 Å². The Bertz CT molecular complexity index is 259. The van der Waals surface area contributed by atoms with Gasteiger partial charge in [-0.3, -0.25) is 10.1 Å². The van der Waals surface area contributed by atoms with E-state index in [1.165, 1.54) is 6.92 Å². The van der Waals surface area contributed by atoms with Gasteiger partial charge in [-0.2, -0.15) is 0 Å². The quantitative estimate of drug-likeness (QED) is 0.423. The molecule has 0 aromatic carbocycles. The Labute approximate surface area is 83.2 Å². The third-order valence-electron chi connectivity index (χ3n) is 3.66. The second kappa shape index (κ2) is 3.44. The molecule has 2 atom stereocenters. The van der Waals surface area contributed by atoms with Crippen LogP contribution in [0.2, 0.25) is 0 Å². The van der Waals surface area contributed by atoms with Crippen molar-refractivity contribution in [3.05, 3.63) is 0 Å². The third-order valence-corrected chi connectivity index (χ3v) is 3.66. The molecule has 0 aromatic heterocycles. The smallest absolute Gasteiger partial charge is 0.133 e. The van der Waals surface area contributed by atoms with Gasteiger partial charge in [-0.05, 0) is 13.3 Å². The van der Waals surface area contributed by atoms with Crippen molar-refractivity contribution in [2.75, 3.05) is 0 Å². The molecule has 0 aliphatic heterocycles. The summed E-state index contributed by atoms with van der Waals surface area (Å²) in [5.74, 6) is -0.0526. The zero-order chi connectivity index (χ0) is 11.0. The molecule has 2 unspecified atom stereocenters. The molecule has 0 bridgehead atoms. The van der Waals surface area contributed by atoms with Crippen molar-refractivity contribution >= 4 is 12.1 Å². The molecule has 80 valence electrons. The molecule has 1 saturated carbocycles. The van der Waals surface area contributed by atoms with E-state index in [0.29, 0.717) is 12.7 Å². The maximum Gasteiger partial charge on any atom is 0.133 e. The van der Waals surface area contributed by atoms with Gasteiger partial charge in [-0.15, -0.1) is 0 Å². The molecular weight excluding hydrogens is 184 g/mol. The Balaban J connectivity index is 2.86. The first-order valence-corrected chi connectivity index (χ1v) is 4.68. The van der Waals surface area contributed by atoms with Gasteiger partial charge in [0.05, 0.1) is 0 Å². The zero-order valence-corrected chi connectivity index (χ0v) is 8.74. The average Bonchev–Trinajstić information content (AvgIpc) is 2.10. The largest absolute Gasteiger partial charge is 0.303 e. The van der Waals surface area contributed by atoms with E-state index >= 15 is 0 Å². The highest BCUT2D eigenvalue weighted by Crippen LogP contribution is 2.57. The number of carbonyl (C=O) groups is 2. The van der Waals surface area contributed by atoms with Crippen LogP contribution in [-0.4, -0.2) is 22.9 Å². The van der Waals surface area contributed by atoms with Gasteiger partial charge in [0.15, 0.2) is 0 Å². The standard InChI is InChI=1S/C10H16O4/c1-7(12)8-6-10(14-13,4-5-11)9(8,2)3/h5,8,13H,4,6H2,1-3H3. The number of hydrogen-bond acceptors (Lipinski definition) is 4. The van der Waals surface area contributed by atoms with Crippen LogP contribution < -0.4 is 0 Å². The third kappa shape index (κ3) is 1.29. The first-order valence-electron chi connectivity index (χ1n) is 4.68. The maximum atomic E-state index is 11.2. The normalized spacial score (nSPS) is 34.7. The monoisotopic (exact) mass is 200 g/mol. The zero-order valence-electron chi connectivity index (χ0n) is 8.74. The lowest BCUT2D eigenvalue weighted by Crippen LogP contribution is -2.63. The van der Waals surface area contributed by atoms with Gasteiger partial charge in [0.25, 0.3) is 0 Å².